The lowest BCUT2D eigenvalue weighted by atomic mass is 10.1. The van der Waals surface area contributed by atoms with Crippen LogP contribution in [0, 0.1) is 5.82 Å². The number of para-hydroxylation sites is 1. The number of carbonyl (C=O) groups excluding carboxylic acids is 1. The fourth-order valence-electron chi connectivity index (χ4n) is 2.10. The lowest BCUT2D eigenvalue weighted by Gasteiger charge is -2.12. The maximum absolute atomic E-state index is 13.5. The third-order valence-corrected chi connectivity index (χ3v) is 3.45. The second kappa shape index (κ2) is 8.81. The highest BCUT2D eigenvalue weighted by molar-refractivity contribution is 5.94. The standard InChI is InChI=1S/C17H19FN2O5/c1-2-3-7-13(17(22)23)19-16(21)14-9-11(25-20-14)10-24-15-8-5-4-6-12(15)18/h4-6,8-9,13H,2-3,7,10H2,1H3,(H,19,21)(H,22,23). The van der Waals surface area contributed by atoms with Crippen LogP contribution in [-0.4, -0.2) is 28.2 Å². The molecule has 0 bridgehead atoms. The molecule has 8 heteroatoms. The first-order chi connectivity index (χ1) is 12.0. The fourth-order valence-corrected chi connectivity index (χ4v) is 2.10. The van der Waals surface area contributed by atoms with E-state index in [2.05, 4.69) is 10.5 Å². The maximum Gasteiger partial charge on any atom is 0.326 e. The fraction of sp³-hybridized carbons (Fsp3) is 0.353. The molecule has 0 fully saturated rings. The zero-order valence-electron chi connectivity index (χ0n) is 13.7. The molecule has 1 unspecified atom stereocenters. The second-order valence-electron chi connectivity index (χ2n) is 5.40. The van der Waals surface area contributed by atoms with Crippen molar-refractivity contribution in [2.75, 3.05) is 0 Å². The zero-order chi connectivity index (χ0) is 18.2. The number of carbonyl (C=O) groups is 2. The van der Waals surface area contributed by atoms with Crippen LogP contribution >= 0.6 is 0 Å². The molecule has 0 aliphatic rings. The lowest BCUT2D eigenvalue weighted by molar-refractivity contribution is -0.139. The van der Waals surface area contributed by atoms with Crippen molar-refractivity contribution in [1.82, 2.24) is 10.5 Å². The minimum Gasteiger partial charge on any atom is -0.482 e. The van der Waals surface area contributed by atoms with Crippen LogP contribution in [0.4, 0.5) is 4.39 Å². The molecule has 0 spiro atoms. The number of amides is 1. The van der Waals surface area contributed by atoms with Crippen molar-refractivity contribution in [3.05, 3.63) is 47.6 Å². The number of ether oxygens (including phenoxy) is 1. The largest absolute Gasteiger partial charge is 0.482 e. The van der Waals surface area contributed by atoms with Gasteiger partial charge in [0.1, 0.15) is 12.6 Å². The van der Waals surface area contributed by atoms with Crippen LogP contribution in [0.15, 0.2) is 34.9 Å². The minimum atomic E-state index is -1.10. The van der Waals surface area contributed by atoms with E-state index in [9.17, 15) is 14.0 Å². The van der Waals surface area contributed by atoms with Crippen LogP contribution < -0.4 is 10.1 Å². The Labute approximate surface area is 143 Å². The van der Waals surface area contributed by atoms with Gasteiger partial charge in [0.05, 0.1) is 0 Å². The molecule has 0 radical (unpaired) electrons. The van der Waals surface area contributed by atoms with E-state index >= 15 is 0 Å². The van der Waals surface area contributed by atoms with Crippen LogP contribution in [-0.2, 0) is 11.4 Å². The van der Waals surface area contributed by atoms with E-state index in [1.807, 2.05) is 6.92 Å². The SMILES string of the molecule is CCCCC(NC(=O)c1cc(COc2ccccc2F)on1)C(=O)O. The predicted octanol–water partition coefficient (Wildman–Crippen LogP) is 2.77. The number of nitrogens with one attached hydrogen (secondary N) is 1. The molecular formula is C17H19FN2O5. The van der Waals surface area contributed by atoms with E-state index < -0.39 is 23.7 Å². The average molecular weight is 350 g/mol. The minimum absolute atomic E-state index is 0.0513. The third kappa shape index (κ3) is 5.30. The van der Waals surface area contributed by atoms with Gasteiger partial charge in [-0.2, -0.15) is 0 Å². The van der Waals surface area contributed by atoms with E-state index in [-0.39, 0.29) is 23.8 Å². The van der Waals surface area contributed by atoms with Gasteiger partial charge in [0, 0.05) is 6.07 Å². The molecular weight excluding hydrogens is 331 g/mol. The summed E-state index contributed by atoms with van der Waals surface area (Å²) in [4.78, 5) is 23.2. The van der Waals surface area contributed by atoms with Gasteiger partial charge in [0.25, 0.3) is 5.91 Å². The molecule has 1 heterocycles. The zero-order valence-corrected chi connectivity index (χ0v) is 13.7. The first-order valence-corrected chi connectivity index (χ1v) is 7.87. The first kappa shape index (κ1) is 18.4. The summed E-state index contributed by atoms with van der Waals surface area (Å²) in [6.07, 6.45) is 1.83. The van der Waals surface area contributed by atoms with Crippen molar-refractivity contribution >= 4 is 11.9 Å². The summed E-state index contributed by atoms with van der Waals surface area (Å²) in [6, 6.07) is 6.23. The number of unbranched alkanes of at least 4 members (excludes halogenated alkanes) is 1. The smallest absolute Gasteiger partial charge is 0.326 e. The quantitative estimate of drug-likeness (QED) is 0.721. The number of carboxylic acid groups (broad SMARTS) is 1. The number of nitrogens with zero attached hydrogens (tertiary/aromatic N) is 1. The van der Waals surface area contributed by atoms with Gasteiger partial charge >= 0.3 is 5.97 Å². The molecule has 1 atom stereocenters. The summed E-state index contributed by atoms with van der Waals surface area (Å²) in [5, 5.41) is 15.1. The molecule has 2 N–H and O–H groups in total. The van der Waals surface area contributed by atoms with E-state index in [1.54, 1.807) is 6.07 Å². The number of hydrogen-bond acceptors (Lipinski definition) is 5. The Bertz CT molecular complexity index is 731. The van der Waals surface area contributed by atoms with Crippen molar-refractivity contribution in [2.45, 2.75) is 38.8 Å². The maximum atomic E-state index is 13.5. The Morgan fingerprint density at radius 2 is 2.16 bits per heavy atom. The van der Waals surface area contributed by atoms with E-state index in [4.69, 9.17) is 14.4 Å². The Kier molecular flexibility index (Phi) is 6.50. The summed E-state index contributed by atoms with van der Waals surface area (Å²) in [5.74, 6) is -2.00. The van der Waals surface area contributed by atoms with E-state index in [0.717, 1.165) is 6.42 Å². The van der Waals surface area contributed by atoms with Gasteiger partial charge in [-0.1, -0.05) is 37.1 Å². The number of hydrogen-bond donors (Lipinski definition) is 2. The summed E-state index contributed by atoms with van der Waals surface area (Å²) in [6.45, 7) is 1.82. The Balaban J connectivity index is 1.94. The van der Waals surface area contributed by atoms with Crippen molar-refractivity contribution in [1.29, 1.82) is 0 Å². The molecule has 0 saturated carbocycles. The van der Waals surface area contributed by atoms with Gasteiger partial charge in [-0.15, -0.1) is 0 Å². The Hall–Kier alpha value is -2.90. The highest BCUT2D eigenvalue weighted by Crippen LogP contribution is 2.17. The van der Waals surface area contributed by atoms with Gasteiger partial charge in [0.2, 0.25) is 0 Å². The average Bonchev–Trinajstić information content (AvgIpc) is 3.06. The lowest BCUT2D eigenvalue weighted by Crippen LogP contribution is -2.40. The summed E-state index contributed by atoms with van der Waals surface area (Å²) in [5.41, 5.74) is -0.0603. The Morgan fingerprint density at radius 3 is 2.84 bits per heavy atom. The highest BCUT2D eigenvalue weighted by Gasteiger charge is 2.22. The van der Waals surface area contributed by atoms with Gasteiger partial charge in [-0.25, -0.2) is 9.18 Å². The van der Waals surface area contributed by atoms with Crippen LogP contribution in [0.1, 0.15) is 42.4 Å². The van der Waals surface area contributed by atoms with Crippen LogP contribution in [0.5, 0.6) is 5.75 Å². The van der Waals surface area contributed by atoms with E-state index in [1.165, 1.54) is 24.3 Å². The highest BCUT2D eigenvalue weighted by atomic mass is 19.1. The molecule has 1 aromatic carbocycles. The number of aliphatic carboxylic acids is 1. The van der Waals surface area contributed by atoms with Crippen LogP contribution in [0.2, 0.25) is 0 Å². The van der Waals surface area contributed by atoms with Crippen LogP contribution in [0.3, 0.4) is 0 Å². The van der Waals surface area contributed by atoms with Gasteiger partial charge < -0.3 is 19.7 Å². The number of carboxylic acids is 1. The molecule has 25 heavy (non-hydrogen) atoms. The number of aromatic nitrogens is 1. The molecule has 0 aliphatic carbocycles. The summed E-state index contributed by atoms with van der Waals surface area (Å²) >= 11 is 0. The summed E-state index contributed by atoms with van der Waals surface area (Å²) < 4.78 is 23.7. The molecule has 1 amide bonds. The monoisotopic (exact) mass is 350 g/mol. The second-order valence-corrected chi connectivity index (χ2v) is 5.40. The first-order valence-electron chi connectivity index (χ1n) is 7.87. The predicted molar refractivity (Wildman–Crippen MR) is 85.7 cm³/mol. The van der Waals surface area contributed by atoms with Crippen molar-refractivity contribution < 1.29 is 28.3 Å². The van der Waals surface area contributed by atoms with Crippen LogP contribution in [0.25, 0.3) is 0 Å². The molecule has 0 aliphatic heterocycles. The van der Waals surface area contributed by atoms with E-state index in [0.29, 0.717) is 12.8 Å². The number of benzene rings is 1. The molecule has 134 valence electrons. The number of halogens is 1. The number of rotatable bonds is 9. The van der Waals surface area contributed by atoms with Gasteiger partial charge in [-0.05, 0) is 18.6 Å². The van der Waals surface area contributed by atoms with Crippen molar-refractivity contribution in [2.24, 2.45) is 0 Å². The Morgan fingerprint density at radius 1 is 1.40 bits per heavy atom. The topological polar surface area (TPSA) is 102 Å². The van der Waals surface area contributed by atoms with Crippen molar-refractivity contribution in [3.8, 4) is 5.75 Å². The molecule has 7 nitrogen and oxygen atoms in total. The van der Waals surface area contributed by atoms with Crippen molar-refractivity contribution in [3.63, 3.8) is 0 Å². The normalized spacial score (nSPS) is 11.8. The van der Waals surface area contributed by atoms with Gasteiger partial charge in [-0.3, -0.25) is 4.79 Å². The van der Waals surface area contributed by atoms with Gasteiger partial charge in [0.15, 0.2) is 23.0 Å². The molecule has 1 aromatic heterocycles. The third-order valence-electron chi connectivity index (χ3n) is 3.45. The summed E-state index contributed by atoms with van der Waals surface area (Å²) in [7, 11) is 0. The molecule has 0 saturated heterocycles. The molecule has 2 rings (SSSR count). The molecule has 2 aromatic rings.